The van der Waals surface area contributed by atoms with Crippen LogP contribution in [-0.4, -0.2) is 4.98 Å². The number of para-hydroxylation sites is 1. The van der Waals surface area contributed by atoms with Gasteiger partial charge in [-0.2, -0.15) is 0 Å². The average molecular weight is 350 g/mol. The predicted octanol–water partition coefficient (Wildman–Crippen LogP) is 6.00. The van der Waals surface area contributed by atoms with E-state index in [1.807, 2.05) is 5.38 Å². The third-order valence-corrected chi connectivity index (χ3v) is 4.67. The van der Waals surface area contributed by atoms with Gasteiger partial charge in [-0.25, -0.2) is 4.98 Å². The zero-order valence-corrected chi connectivity index (χ0v) is 14.2. The van der Waals surface area contributed by atoms with Gasteiger partial charge >= 0.3 is 0 Å². The van der Waals surface area contributed by atoms with Gasteiger partial charge in [-0.05, 0) is 19.1 Å². The summed E-state index contributed by atoms with van der Waals surface area (Å²) in [5.41, 5.74) is 3.20. The molecule has 0 spiro atoms. The number of nitrogens with zero attached hydrogens (tertiary/aromatic N) is 1. The summed E-state index contributed by atoms with van der Waals surface area (Å²) in [6.45, 7) is 2.41. The van der Waals surface area contributed by atoms with Crippen LogP contribution in [0.5, 0.6) is 5.75 Å². The summed E-state index contributed by atoms with van der Waals surface area (Å²) in [5.74, 6) is 0.496. The number of thiazole rings is 1. The van der Waals surface area contributed by atoms with E-state index in [0.717, 1.165) is 16.3 Å². The van der Waals surface area contributed by atoms with Crippen LogP contribution >= 0.6 is 34.5 Å². The van der Waals surface area contributed by atoms with Crippen molar-refractivity contribution in [1.82, 2.24) is 4.98 Å². The molecule has 0 bridgehead atoms. The Bertz CT molecular complexity index is 763. The van der Waals surface area contributed by atoms with Crippen molar-refractivity contribution in [2.75, 3.05) is 0 Å². The van der Waals surface area contributed by atoms with E-state index in [-0.39, 0.29) is 0 Å². The van der Waals surface area contributed by atoms with Crippen LogP contribution in [0.2, 0.25) is 10.0 Å². The molecule has 5 heteroatoms. The molecule has 22 heavy (non-hydrogen) atoms. The molecule has 0 radical (unpaired) electrons. The molecular weight excluding hydrogens is 337 g/mol. The van der Waals surface area contributed by atoms with Gasteiger partial charge in [0.1, 0.15) is 11.6 Å². The molecule has 0 N–H and O–H groups in total. The smallest absolute Gasteiger partial charge is 0.157 e. The maximum absolute atomic E-state index is 6.08. The standard InChI is InChI=1S/C17H13Cl2NOS/c1-11-5-7-12(8-6-11)17-20-13(10-22-17)9-21-16-14(18)3-2-4-15(16)19/h2-8,10H,9H2,1H3. The summed E-state index contributed by atoms with van der Waals surface area (Å²) in [6, 6.07) is 13.6. The van der Waals surface area contributed by atoms with E-state index in [9.17, 15) is 0 Å². The lowest BCUT2D eigenvalue weighted by Gasteiger charge is -2.08. The monoisotopic (exact) mass is 349 g/mol. The number of halogens is 2. The summed E-state index contributed by atoms with van der Waals surface area (Å²) in [7, 11) is 0. The third kappa shape index (κ3) is 3.43. The molecule has 0 atom stereocenters. The van der Waals surface area contributed by atoms with Crippen LogP contribution in [0.1, 0.15) is 11.3 Å². The molecule has 0 amide bonds. The second-order valence-electron chi connectivity index (χ2n) is 4.85. The molecule has 0 saturated heterocycles. The largest absolute Gasteiger partial charge is 0.484 e. The van der Waals surface area contributed by atoms with Gasteiger partial charge in [0.15, 0.2) is 5.75 Å². The molecule has 3 aromatic rings. The number of ether oxygens (including phenoxy) is 1. The van der Waals surface area contributed by atoms with E-state index in [0.29, 0.717) is 22.4 Å². The highest BCUT2D eigenvalue weighted by Gasteiger charge is 2.09. The van der Waals surface area contributed by atoms with Crippen LogP contribution in [0.25, 0.3) is 10.6 Å². The minimum absolute atomic E-state index is 0.339. The SMILES string of the molecule is Cc1ccc(-c2nc(COc3c(Cl)cccc3Cl)cs2)cc1. The number of rotatable bonds is 4. The Hall–Kier alpha value is -1.55. The molecule has 0 aliphatic heterocycles. The lowest BCUT2D eigenvalue weighted by Crippen LogP contribution is -1.97. The topological polar surface area (TPSA) is 22.1 Å². The van der Waals surface area contributed by atoms with Crippen molar-refractivity contribution in [3.05, 3.63) is 69.1 Å². The quantitative estimate of drug-likeness (QED) is 0.575. The highest BCUT2D eigenvalue weighted by molar-refractivity contribution is 7.13. The van der Waals surface area contributed by atoms with E-state index < -0.39 is 0 Å². The van der Waals surface area contributed by atoms with Crippen LogP contribution in [0.15, 0.2) is 47.8 Å². The first kappa shape index (κ1) is 15.3. The Balaban J connectivity index is 1.73. The van der Waals surface area contributed by atoms with Gasteiger partial charge in [0, 0.05) is 10.9 Å². The highest BCUT2D eigenvalue weighted by Crippen LogP contribution is 2.33. The van der Waals surface area contributed by atoms with Crippen LogP contribution in [0.3, 0.4) is 0 Å². The van der Waals surface area contributed by atoms with Crippen molar-refractivity contribution in [3.8, 4) is 16.3 Å². The van der Waals surface area contributed by atoms with E-state index in [1.54, 1.807) is 29.5 Å². The Morgan fingerprint density at radius 2 is 1.73 bits per heavy atom. The molecule has 0 aliphatic carbocycles. The van der Waals surface area contributed by atoms with E-state index in [2.05, 4.69) is 36.2 Å². The molecule has 0 aliphatic rings. The second-order valence-corrected chi connectivity index (χ2v) is 6.52. The summed E-state index contributed by atoms with van der Waals surface area (Å²) >= 11 is 13.8. The van der Waals surface area contributed by atoms with Crippen molar-refractivity contribution in [2.24, 2.45) is 0 Å². The first-order chi connectivity index (χ1) is 10.6. The highest BCUT2D eigenvalue weighted by atomic mass is 35.5. The Labute approximate surface area is 143 Å². The molecule has 2 aromatic carbocycles. The van der Waals surface area contributed by atoms with Crippen LogP contribution in [-0.2, 0) is 6.61 Å². The summed E-state index contributed by atoms with van der Waals surface area (Å²) < 4.78 is 5.70. The molecule has 0 saturated carbocycles. The zero-order valence-electron chi connectivity index (χ0n) is 11.8. The lowest BCUT2D eigenvalue weighted by atomic mass is 10.2. The van der Waals surface area contributed by atoms with Crippen molar-refractivity contribution in [2.45, 2.75) is 13.5 Å². The summed E-state index contributed by atoms with van der Waals surface area (Å²) in [5, 5.41) is 3.96. The van der Waals surface area contributed by atoms with E-state index in [4.69, 9.17) is 27.9 Å². The van der Waals surface area contributed by atoms with Gasteiger partial charge in [0.05, 0.1) is 15.7 Å². The van der Waals surface area contributed by atoms with E-state index in [1.165, 1.54) is 5.56 Å². The fourth-order valence-electron chi connectivity index (χ4n) is 1.97. The Morgan fingerprint density at radius 1 is 1.05 bits per heavy atom. The van der Waals surface area contributed by atoms with Gasteiger partial charge in [0.2, 0.25) is 0 Å². The van der Waals surface area contributed by atoms with Crippen LogP contribution < -0.4 is 4.74 Å². The minimum atomic E-state index is 0.339. The van der Waals surface area contributed by atoms with Gasteiger partial charge < -0.3 is 4.74 Å². The normalized spacial score (nSPS) is 10.7. The van der Waals surface area contributed by atoms with Crippen molar-refractivity contribution < 1.29 is 4.74 Å². The molecule has 1 heterocycles. The Kier molecular flexibility index (Phi) is 4.67. The lowest BCUT2D eigenvalue weighted by molar-refractivity contribution is 0.302. The van der Waals surface area contributed by atoms with E-state index >= 15 is 0 Å². The first-order valence-corrected chi connectivity index (χ1v) is 8.35. The third-order valence-electron chi connectivity index (χ3n) is 3.13. The van der Waals surface area contributed by atoms with Crippen molar-refractivity contribution in [3.63, 3.8) is 0 Å². The molecule has 0 fully saturated rings. The van der Waals surface area contributed by atoms with Crippen molar-refractivity contribution in [1.29, 1.82) is 0 Å². The molecule has 112 valence electrons. The predicted molar refractivity (Wildman–Crippen MR) is 93.1 cm³/mol. The van der Waals surface area contributed by atoms with Crippen LogP contribution in [0.4, 0.5) is 0 Å². The molecule has 3 rings (SSSR count). The number of benzene rings is 2. The van der Waals surface area contributed by atoms with Gasteiger partial charge in [-0.3, -0.25) is 0 Å². The summed E-state index contributed by atoms with van der Waals surface area (Å²) in [4.78, 5) is 4.59. The Morgan fingerprint density at radius 3 is 2.41 bits per heavy atom. The second kappa shape index (κ2) is 6.69. The number of hydrogen-bond acceptors (Lipinski definition) is 3. The average Bonchev–Trinajstić information content (AvgIpc) is 2.96. The number of hydrogen-bond donors (Lipinski definition) is 0. The summed E-state index contributed by atoms with van der Waals surface area (Å²) in [6.07, 6.45) is 0. The van der Waals surface area contributed by atoms with Gasteiger partial charge in [-0.15, -0.1) is 11.3 Å². The maximum Gasteiger partial charge on any atom is 0.157 e. The molecule has 1 aromatic heterocycles. The first-order valence-electron chi connectivity index (χ1n) is 6.72. The number of aryl methyl sites for hydroxylation is 1. The van der Waals surface area contributed by atoms with Crippen LogP contribution in [0, 0.1) is 6.92 Å². The fourth-order valence-corrected chi connectivity index (χ4v) is 3.29. The minimum Gasteiger partial charge on any atom is -0.484 e. The van der Waals surface area contributed by atoms with Gasteiger partial charge in [0.25, 0.3) is 0 Å². The number of aromatic nitrogens is 1. The zero-order chi connectivity index (χ0) is 15.5. The molecule has 0 unspecified atom stereocenters. The fraction of sp³-hybridized carbons (Fsp3) is 0.118. The van der Waals surface area contributed by atoms with Crippen molar-refractivity contribution >= 4 is 34.5 Å². The molecule has 2 nitrogen and oxygen atoms in total. The molecular formula is C17H13Cl2NOS. The van der Waals surface area contributed by atoms with Gasteiger partial charge in [-0.1, -0.05) is 59.1 Å². The maximum atomic E-state index is 6.08.